The highest BCUT2D eigenvalue weighted by Crippen LogP contribution is 2.25. The van der Waals surface area contributed by atoms with E-state index in [9.17, 15) is 4.79 Å². The van der Waals surface area contributed by atoms with Gasteiger partial charge in [-0.2, -0.15) is 0 Å². The van der Waals surface area contributed by atoms with Gasteiger partial charge in [0.25, 0.3) is 5.91 Å². The Kier molecular flexibility index (Phi) is 7.64. The van der Waals surface area contributed by atoms with Crippen LogP contribution in [0, 0.1) is 6.92 Å². The van der Waals surface area contributed by atoms with Crippen molar-refractivity contribution in [2.75, 3.05) is 39.3 Å². The van der Waals surface area contributed by atoms with E-state index in [4.69, 9.17) is 4.98 Å². The molecule has 0 atom stereocenters. The number of carbonyl (C=O) groups is 1. The number of piperazine rings is 1. The Balaban J connectivity index is 1.16. The molecule has 0 radical (unpaired) electrons. The summed E-state index contributed by atoms with van der Waals surface area (Å²) in [5.41, 5.74) is 5.63. The molecule has 0 saturated carbocycles. The quantitative estimate of drug-likeness (QED) is 0.376. The van der Waals surface area contributed by atoms with E-state index in [1.165, 1.54) is 5.56 Å². The third kappa shape index (κ3) is 5.96. The molecular formula is C30H33N5O. The molecule has 2 aromatic heterocycles. The molecule has 1 saturated heterocycles. The maximum atomic E-state index is 13.2. The van der Waals surface area contributed by atoms with Crippen LogP contribution in [0.5, 0.6) is 0 Å². The minimum absolute atomic E-state index is 0.0502. The third-order valence-electron chi connectivity index (χ3n) is 6.82. The first-order chi connectivity index (χ1) is 17.7. The van der Waals surface area contributed by atoms with E-state index in [1.54, 1.807) is 12.4 Å². The second kappa shape index (κ2) is 11.4. The van der Waals surface area contributed by atoms with Gasteiger partial charge in [-0.05, 0) is 55.8 Å². The molecule has 1 aliphatic rings. The molecule has 6 heteroatoms. The van der Waals surface area contributed by atoms with Crippen molar-refractivity contribution in [2.45, 2.75) is 19.9 Å². The van der Waals surface area contributed by atoms with Crippen molar-refractivity contribution in [3.8, 4) is 11.3 Å². The number of carbonyl (C=O) groups excluding carboxylic acids is 1. The van der Waals surface area contributed by atoms with Gasteiger partial charge in [0.05, 0.1) is 16.8 Å². The zero-order valence-electron chi connectivity index (χ0n) is 20.9. The van der Waals surface area contributed by atoms with Crippen LogP contribution in [0.15, 0.2) is 79.1 Å². The molecule has 0 bridgehead atoms. The van der Waals surface area contributed by atoms with Crippen LogP contribution in [-0.4, -0.2) is 64.9 Å². The third-order valence-corrected chi connectivity index (χ3v) is 6.82. The summed E-state index contributed by atoms with van der Waals surface area (Å²) in [6.07, 6.45) is 4.45. The molecule has 0 unspecified atom stereocenters. The van der Waals surface area contributed by atoms with Gasteiger partial charge in [-0.25, -0.2) is 4.98 Å². The van der Waals surface area contributed by atoms with Crippen molar-refractivity contribution in [3.05, 3.63) is 95.8 Å². The lowest BCUT2D eigenvalue weighted by molar-refractivity contribution is 0.0948. The van der Waals surface area contributed by atoms with Crippen LogP contribution in [-0.2, 0) is 6.54 Å². The molecule has 1 amide bonds. The van der Waals surface area contributed by atoms with Crippen molar-refractivity contribution in [3.63, 3.8) is 0 Å². The number of aryl methyl sites for hydroxylation is 1. The predicted octanol–water partition coefficient (Wildman–Crippen LogP) is 4.54. The Hall–Kier alpha value is -3.61. The van der Waals surface area contributed by atoms with Gasteiger partial charge in [-0.15, -0.1) is 0 Å². The van der Waals surface area contributed by atoms with Crippen LogP contribution < -0.4 is 5.32 Å². The molecule has 6 nitrogen and oxygen atoms in total. The summed E-state index contributed by atoms with van der Waals surface area (Å²) in [6, 6.07) is 22.5. The monoisotopic (exact) mass is 479 g/mol. The fraction of sp³-hybridized carbons (Fsp3) is 0.300. The van der Waals surface area contributed by atoms with Gasteiger partial charge >= 0.3 is 0 Å². The van der Waals surface area contributed by atoms with E-state index in [2.05, 4.69) is 50.4 Å². The van der Waals surface area contributed by atoms with E-state index in [0.717, 1.165) is 73.4 Å². The molecule has 4 aromatic rings. The van der Waals surface area contributed by atoms with Gasteiger partial charge in [0.15, 0.2) is 0 Å². The highest BCUT2D eigenvalue weighted by atomic mass is 16.1. The Morgan fingerprint density at radius 2 is 1.75 bits per heavy atom. The second-order valence-electron chi connectivity index (χ2n) is 9.53. The Bertz CT molecular complexity index is 1300. The minimum atomic E-state index is -0.0502. The van der Waals surface area contributed by atoms with Crippen molar-refractivity contribution < 1.29 is 4.79 Å². The van der Waals surface area contributed by atoms with E-state index < -0.39 is 0 Å². The number of benzene rings is 2. The zero-order valence-corrected chi connectivity index (χ0v) is 20.9. The first-order valence-corrected chi connectivity index (χ1v) is 12.7. The highest BCUT2D eigenvalue weighted by molar-refractivity contribution is 6.07. The lowest BCUT2D eigenvalue weighted by atomic mass is 10.0. The number of nitrogens with zero attached hydrogens (tertiary/aromatic N) is 4. The Labute approximate surface area is 213 Å². The molecule has 3 heterocycles. The maximum Gasteiger partial charge on any atom is 0.252 e. The SMILES string of the molecule is Cc1ccc2nc(-c3cccnc3)cc(C(=O)NCCCN3CCN(Cc4ccccc4)CC3)c2c1. The summed E-state index contributed by atoms with van der Waals surface area (Å²) in [4.78, 5) is 27.3. The predicted molar refractivity (Wildman–Crippen MR) is 145 cm³/mol. The van der Waals surface area contributed by atoms with Crippen LogP contribution in [0.4, 0.5) is 0 Å². The van der Waals surface area contributed by atoms with E-state index in [1.807, 2.05) is 43.3 Å². The molecule has 5 rings (SSSR count). The average molecular weight is 480 g/mol. The number of amides is 1. The van der Waals surface area contributed by atoms with Gasteiger partial charge in [0, 0.05) is 62.6 Å². The van der Waals surface area contributed by atoms with Crippen LogP contribution >= 0.6 is 0 Å². The molecule has 36 heavy (non-hydrogen) atoms. The van der Waals surface area contributed by atoms with Crippen molar-refractivity contribution in [1.82, 2.24) is 25.1 Å². The summed E-state index contributed by atoms with van der Waals surface area (Å²) >= 11 is 0. The second-order valence-corrected chi connectivity index (χ2v) is 9.53. The molecular weight excluding hydrogens is 446 g/mol. The summed E-state index contributed by atoms with van der Waals surface area (Å²) in [6.45, 7) is 9.02. The number of fused-ring (bicyclic) bond motifs is 1. The van der Waals surface area contributed by atoms with E-state index in [0.29, 0.717) is 12.1 Å². The van der Waals surface area contributed by atoms with Gasteiger partial charge < -0.3 is 10.2 Å². The summed E-state index contributed by atoms with van der Waals surface area (Å²) in [5.74, 6) is -0.0502. The smallest absolute Gasteiger partial charge is 0.252 e. The summed E-state index contributed by atoms with van der Waals surface area (Å²) in [5, 5.41) is 4.03. The maximum absolute atomic E-state index is 13.2. The van der Waals surface area contributed by atoms with Crippen molar-refractivity contribution in [1.29, 1.82) is 0 Å². The summed E-state index contributed by atoms with van der Waals surface area (Å²) in [7, 11) is 0. The molecule has 2 aromatic carbocycles. The number of pyridine rings is 2. The molecule has 1 aliphatic heterocycles. The van der Waals surface area contributed by atoms with Crippen LogP contribution in [0.1, 0.15) is 27.9 Å². The fourth-order valence-corrected chi connectivity index (χ4v) is 4.80. The largest absolute Gasteiger partial charge is 0.352 e. The average Bonchev–Trinajstić information content (AvgIpc) is 2.92. The lowest BCUT2D eigenvalue weighted by Gasteiger charge is -2.34. The normalized spacial score (nSPS) is 14.7. The highest BCUT2D eigenvalue weighted by Gasteiger charge is 2.17. The molecule has 184 valence electrons. The lowest BCUT2D eigenvalue weighted by Crippen LogP contribution is -2.46. The Morgan fingerprint density at radius 3 is 2.53 bits per heavy atom. The zero-order chi connectivity index (χ0) is 24.7. The van der Waals surface area contributed by atoms with Gasteiger partial charge in [0.2, 0.25) is 0 Å². The fourth-order valence-electron chi connectivity index (χ4n) is 4.80. The molecule has 1 fully saturated rings. The van der Waals surface area contributed by atoms with Crippen LogP contribution in [0.2, 0.25) is 0 Å². The minimum Gasteiger partial charge on any atom is -0.352 e. The van der Waals surface area contributed by atoms with Crippen LogP contribution in [0.25, 0.3) is 22.2 Å². The number of aromatic nitrogens is 2. The van der Waals surface area contributed by atoms with E-state index in [-0.39, 0.29) is 5.91 Å². The molecule has 1 N–H and O–H groups in total. The standard InChI is InChI=1S/C30H33N5O/c1-23-10-11-28-26(19-23)27(20-29(33-28)25-9-5-12-31-21-25)30(36)32-13-6-14-34-15-17-35(18-16-34)22-24-7-3-2-4-8-24/h2-5,7-12,19-21H,6,13-18,22H2,1H3,(H,32,36). The number of nitrogens with one attached hydrogen (secondary N) is 1. The topological polar surface area (TPSA) is 61.4 Å². The van der Waals surface area contributed by atoms with Crippen molar-refractivity contribution in [2.24, 2.45) is 0 Å². The number of hydrogen-bond acceptors (Lipinski definition) is 5. The Morgan fingerprint density at radius 1 is 0.944 bits per heavy atom. The van der Waals surface area contributed by atoms with E-state index >= 15 is 0 Å². The number of rotatable bonds is 8. The molecule has 0 aliphatic carbocycles. The molecule has 0 spiro atoms. The van der Waals surface area contributed by atoms with Gasteiger partial charge in [-0.1, -0.05) is 42.0 Å². The summed E-state index contributed by atoms with van der Waals surface area (Å²) < 4.78 is 0. The van der Waals surface area contributed by atoms with Gasteiger partial charge in [0.1, 0.15) is 0 Å². The van der Waals surface area contributed by atoms with Crippen molar-refractivity contribution >= 4 is 16.8 Å². The first kappa shape index (κ1) is 24.1. The first-order valence-electron chi connectivity index (χ1n) is 12.7. The number of hydrogen-bond donors (Lipinski definition) is 1. The van der Waals surface area contributed by atoms with Crippen LogP contribution in [0.3, 0.4) is 0 Å². The van der Waals surface area contributed by atoms with Gasteiger partial charge in [-0.3, -0.25) is 14.7 Å².